The topological polar surface area (TPSA) is 60.9 Å². The second-order valence-corrected chi connectivity index (χ2v) is 5.60. The smallest absolute Gasteiger partial charge is 0.319 e. The Balaban J connectivity index is 2.53. The molecule has 116 valence electrons. The number of hydrogen-bond acceptors (Lipinski definition) is 2. The number of nitrogens with zero attached hydrogens (tertiary/aromatic N) is 2. The number of carboxylic acids is 1. The summed E-state index contributed by atoms with van der Waals surface area (Å²) >= 11 is 0. The summed E-state index contributed by atoms with van der Waals surface area (Å²) in [6, 6.07) is 0.0724. The van der Waals surface area contributed by atoms with Gasteiger partial charge in [-0.3, -0.25) is 4.79 Å². The molecule has 0 aliphatic carbocycles. The summed E-state index contributed by atoms with van der Waals surface area (Å²) in [5.41, 5.74) is 0. The summed E-state index contributed by atoms with van der Waals surface area (Å²) in [5.74, 6) is -0.468. The number of carbonyl (C=O) groups excluding carboxylic acids is 1. The number of hydrogen-bond donors (Lipinski definition) is 1. The highest BCUT2D eigenvalue weighted by atomic mass is 16.4. The van der Waals surface area contributed by atoms with Crippen molar-refractivity contribution in [2.75, 3.05) is 26.2 Å². The molecule has 0 aromatic heterocycles. The summed E-state index contributed by atoms with van der Waals surface area (Å²) in [4.78, 5) is 27.1. The van der Waals surface area contributed by atoms with Crippen molar-refractivity contribution in [3.8, 4) is 0 Å². The first-order valence-electron chi connectivity index (χ1n) is 7.80. The maximum absolute atomic E-state index is 12.5. The van der Waals surface area contributed by atoms with Gasteiger partial charge in [-0.15, -0.1) is 0 Å². The van der Waals surface area contributed by atoms with E-state index in [2.05, 4.69) is 13.8 Å². The summed E-state index contributed by atoms with van der Waals surface area (Å²) in [6.07, 6.45) is 3.32. The number of rotatable bonds is 6. The zero-order valence-electron chi connectivity index (χ0n) is 13.0. The molecule has 0 aromatic carbocycles. The normalized spacial score (nSPS) is 16.5. The maximum atomic E-state index is 12.5. The molecule has 0 spiro atoms. The van der Waals surface area contributed by atoms with Crippen LogP contribution < -0.4 is 0 Å². The van der Waals surface area contributed by atoms with Gasteiger partial charge < -0.3 is 14.9 Å². The quantitative estimate of drug-likeness (QED) is 0.815. The zero-order valence-corrected chi connectivity index (χ0v) is 13.0. The van der Waals surface area contributed by atoms with E-state index in [1.807, 2.05) is 16.7 Å². The Morgan fingerprint density at radius 1 is 1.20 bits per heavy atom. The van der Waals surface area contributed by atoms with Gasteiger partial charge in [0.05, 0.1) is 5.92 Å². The van der Waals surface area contributed by atoms with Gasteiger partial charge in [0.25, 0.3) is 0 Å². The van der Waals surface area contributed by atoms with Crippen LogP contribution in [0.1, 0.15) is 46.5 Å². The van der Waals surface area contributed by atoms with Crippen molar-refractivity contribution in [2.24, 2.45) is 11.8 Å². The van der Waals surface area contributed by atoms with Crippen LogP contribution in [-0.2, 0) is 4.79 Å². The lowest BCUT2D eigenvalue weighted by atomic mass is 9.97. The van der Waals surface area contributed by atoms with Crippen molar-refractivity contribution < 1.29 is 14.7 Å². The van der Waals surface area contributed by atoms with E-state index in [-0.39, 0.29) is 11.9 Å². The van der Waals surface area contributed by atoms with Gasteiger partial charge in [-0.2, -0.15) is 0 Å². The van der Waals surface area contributed by atoms with E-state index in [9.17, 15) is 9.59 Å². The molecule has 0 unspecified atom stereocenters. The molecular weight excluding hydrogens is 256 g/mol. The van der Waals surface area contributed by atoms with Crippen LogP contribution in [0, 0.1) is 11.8 Å². The van der Waals surface area contributed by atoms with E-state index in [0.29, 0.717) is 38.4 Å². The molecule has 0 saturated carbocycles. The second kappa shape index (κ2) is 8.12. The lowest BCUT2D eigenvalue weighted by Gasteiger charge is -2.35. The number of aliphatic carboxylic acids is 1. The monoisotopic (exact) mass is 284 g/mol. The van der Waals surface area contributed by atoms with Crippen molar-refractivity contribution in [2.45, 2.75) is 46.5 Å². The molecule has 1 fully saturated rings. The second-order valence-electron chi connectivity index (χ2n) is 5.60. The van der Waals surface area contributed by atoms with Crippen LogP contribution in [0.15, 0.2) is 0 Å². The van der Waals surface area contributed by atoms with Gasteiger partial charge in [-0.25, -0.2) is 4.79 Å². The molecule has 0 bridgehead atoms. The molecule has 1 heterocycles. The Bertz CT molecular complexity index is 321. The molecular formula is C15H28N2O3. The Hall–Kier alpha value is -1.26. The summed E-state index contributed by atoms with van der Waals surface area (Å²) in [7, 11) is 0. The van der Waals surface area contributed by atoms with Gasteiger partial charge >= 0.3 is 12.0 Å². The third-order valence-corrected chi connectivity index (χ3v) is 4.40. The molecule has 0 radical (unpaired) electrons. The van der Waals surface area contributed by atoms with E-state index >= 15 is 0 Å². The fourth-order valence-corrected chi connectivity index (χ4v) is 2.72. The van der Waals surface area contributed by atoms with Crippen molar-refractivity contribution in [1.82, 2.24) is 9.80 Å². The molecule has 0 aromatic rings. The van der Waals surface area contributed by atoms with Gasteiger partial charge in [-0.1, -0.05) is 26.7 Å². The van der Waals surface area contributed by atoms with E-state index in [1.54, 1.807) is 0 Å². The van der Waals surface area contributed by atoms with Gasteiger partial charge in [0.1, 0.15) is 0 Å². The summed E-state index contributed by atoms with van der Waals surface area (Å²) in [6.45, 7) is 8.97. The lowest BCUT2D eigenvalue weighted by Crippen LogP contribution is -2.48. The minimum absolute atomic E-state index is 0.0724. The third kappa shape index (κ3) is 4.39. The summed E-state index contributed by atoms with van der Waals surface area (Å²) in [5, 5.41) is 8.99. The van der Waals surface area contributed by atoms with Gasteiger partial charge in [0.15, 0.2) is 0 Å². The first-order valence-corrected chi connectivity index (χ1v) is 7.80. The molecule has 1 rings (SSSR count). The molecule has 1 aliphatic rings. The highest BCUT2D eigenvalue weighted by molar-refractivity contribution is 5.75. The third-order valence-electron chi connectivity index (χ3n) is 4.40. The molecule has 5 nitrogen and oxygen atoms in total. The van der Waals surface area contributed by atoms with E-state index in [1.165, 1.54) is 0 Å². The Morgan fingerprint density at radius 2 is 1.75 bits per heavy atom. The molecule has 2 amide bonds. The zero-order chi connectivity index (χ0) is 15.1. The van der Waals surface area contributed by atoms with E-state index in [4.69, 9.17) is 5.11 Å². The number of likely N-dealkylation sites (tertiary alicyclic amines) is 1. The minimum atomic E-state index is -0.735. The largest absolute Gasteiger partial charge is 0.481 e. The molecule has 0 atom stereocenters. The predicted octanol–water partition coefficient (Wildman–Crippen LogP) is 2.66. The predicted molar refractivity (Wildman–Crippen MR) is 78.6 cm³/mol. The highest BCUT2D eigenvalue weighted by Crippen LogP contribution is 2.19. The van der Waals surface area contributed by atoms with Crippen LogP contribution in [0.3, 0.4) is 0 Å². The number of carbonyl (C=O) groups is 2. The van der Waals surface area contributed by atoms with Crippen LogP contribution in [0.4, 0.5) is 4.79 Å². The number of urea groups is 1. The Kier molecular flexibility index (Phi) is 6.82. The average molecular weight is 284 g/mol. The molecule has 1 saturated heterocycles. The van der Waals surface area contributed by atoms with Crippen molar-refractivity contribution in [3.63, 3.8) is 0 Å². The van der Waals surface area contributed by atoms with E-state index < -0.39 is 5.97 Å². The van der Waals surface area contributed by atoms with Crippen LogP contribution in [-0.4, -0.2) is 53.1 Å². The van der Waals surface area contributed by atoms with Crippen LogP contribution in [0.2, 0.25) is 0 Å². The maximum Gasteiger partial charge on any atom is 0.319 e. The van der Waals surface area contributed by atoms with Crippen molar-refractivity contribution >= 4 is 12.0 Å². The molecule has 5 heteroatoms. The van der Waals surface area contributed by atoms with Gasteiger partial charge in [-0.05, 0) is 25.7 Å². The highest BCUT2D eigenvalue weighted by Gasteiger charge is 2.29. The average Bonchev–Trinajstić information content (AvgIpc) is 2.48. The fraction of sp³-hybridized carbons (Fsp3) is 0.867. The Morgan fingerprint density at radius 3 is 2.15 bits per heavy atom. The lowest BCUT2D eigenvalue weighted by molar-refractivity contribution is -0.143. The van der Waals surface area contributed by atoms with Crippen LogP contribution >= 0.6 is 0 Å². The standard InChI is InChI=1S/C15H28N2O3/c1-4-12(5-2)11-16(6-3)15(20)17-9-7-13(8-10-17)14(18)19/h12-13H,4-11H2,1-3H3,(H,18,19). The SMILES string of the molecule is CCC(CC)CN(CC)C(=O)N1CCC(C(=O)O)CC1. The van der Waals surface area contributed by atoms with Gasteiger partial charge in [0, 0.05) is 26.2 Å². The van der Waals surface area contributed by atoms with Crippen molar-refractivity contribution in [3.05, 3.63) is 0 Å². The van der Waals surface area contributed by atoms with E-state index in [0.717, 1.165) is 19.4 Å². The number of piperidine rings is 1. The molecule has 1 aliphatic heterocycles. The Labute approximate surface area is 121 Å². The first kappa shape index (κ1) is 16.8. The summed E-state index contributed by atoms with van der Waals surface area (Å²) < 4.78 is 0. The van der Waals surface area contributed by atoms with Crippen LogP contribution in [0.25, 0.3) is 0 Å². The van der Waals surface area contributed by atoms with Crippen LogP contribution in [0.5, 0.6) is 0 Å². The number of carboxylic acid groups (broad SMARTS) is 1. The molecule has 1 N–H and O–H groups in total. The number of amides is 2. The fourth-order valence-electron chi connectivity index (χ4n) is 2.72. The van der Waals surface area contributed by atoms with Crippen molar-refractivity contribution in [1.29, 1.82) is 0 Å². The van der Waals surface area contributed by atoms with Gasteiger partial charge in [0.2, 0.25) is 0 Å². The minimum Gasteiger partial charge on any atom is -0.481 e. The molecule has 20 heavy (non-hydrogen) atoms. The first-order chi connectivity index (χ1) is 9.53.